The number of nitrogens with zero attached hydrogens (tertiary/aromatic N) is 2. The summed E-state index contributed by atoms with van der Waals surface area (Å²) in [7, 11) is -3.80. The molecule has 4 aliphatic rings. The highest BCUT2D eigenvalue weighted by atomic mass is 32.2. The van der Waals surface area contributed by atoms with E-state index in [1.54, 1.807) is 11.0 Å². The van der Waals surface area contributed by atoms with Gasteiger partial charge in [-0.3, -0.25) is 23.9 Å². The van der Waals surface area contributed by atoms with E-state index >= 15 is 0 Å². The van der Waals surface area contributed by atoms with Crippen molar-refractivity contribution in [3.63, 3.8) is 0 Å². The molecule has 11 heteroatoms. The molecule has 1 saturated heterocycles. The van der Waals surface area contributed by atoms with Gasteiger partial charge in [-0.15, -0.1) is 6.58 Å². The fourth-order valence-electron chi connectivity index (χ4n) is 7.08. The predicted octanol–water partition coefficient (Wildman–Crippen LogP) is 5.08. The normalized spacial score (nSPS) is 25.5. The van der Waals surface area contributed by atoms with Crippen LogP contribution in [0.15, 0.2) is 36.9 Å². The zero-order chi connectivity index (χ0) is 34.3. The second kappa shape index (κ2) is 13.4. The number of amides is 2. The molecule has 4 atom stereocenters. The van der Waals surface area contributed by atoms with Crippen LogP contribution < -0.4 is 9.62 Å². The van der Waals surface area contributed by atoms with E-state index in [4.69, 9.17) is 4.74 Å². The molecule has 1 aromatic carbocycles. The minimum Gasteiger partial charge on any atom is -0.462 e. The van der Waals surface area contributed by atoms with Gasteiger partial charge in [-0.1, -0.05) is 52.8 Å². The fourth-order valence-corrected chi connectivity index (χ4v) is 8.47. The molecule has 1 aromatic rings. The highest BCUT2D eigenvalue weighted by Gasteiger charge is 2.61. The fraction of sp³-hybridized carbons (Fsp3) is 0.667. The third-order valence-electron chi connectivity index (χ3n) is 10.5. The van der Waals surface area contributed by atoms with Crippen molar-refractivity contribution in [2.45, 2.75) is 116 Å². The number of rotatable bonds is 13. The topological polar surface area (TPSA) is 130 Å². The number of allylic oxidation sites excluding steroid dienone is 1. The number of esters is 1. The van der Waals surface area contributed by atoms with Crippen LogP contribution in [0.1, 0.15) is 104 Å². The average Bonchev–Trinajstić information content (AvgIpc) is 3.88. The van der Waals surface area contributed by atoms with Gasteiger partial charge in [-0.05, 0) is 79.9 Å². The van der Waals surface area contributed by atoms with E-state index in [0.29, 0.717) is 25.2 Å². The number of ketones is 1. The molecule has 1 aliphatic heterocycles. The number of sulfonamides is 1. The van der Waals surface area contributed by atoms with E-state index in [9.17, 15) is 27.6 Å². The Morgan fingerprint density at radius 2 is 1.70 bits per heavy atom. The van der Waals surface area contributed by atoms with E-state index in [1.165, 1.54) is 5.56 Å². The van der Waals surface area contributed by atoms with Crippen molar-refractivity contribution in [3.05, 3.63) is 42.5 Å². The summed E-state index contributed by atoms with van der Waals surface area (Å²) >= 11 is 0. The van der Waals surface area contributed by atoms with Crippen molar-refractivity contribution >= 4 is 39.3 Å². The SMILES string of the molecule is C=C[C@@H]1C[C@]1(CC(=O)[C@@H]1CN(c2ccc(C(C)C)cc2)CN1C(=O)[C@@H](CC(=O)OC1CCCC1)C(C)(C)C)C(=O)NS(=O)(=O)C1CC1. The minimum absolute atomic E-state index is 0.0940. The Balaban J connectivity index is 1.40. The number of Topliss-reactive ketones (excluding diaryl/α,β-unsaturated/α-hetero) is 1. The predicted molar refractivity (Wildman–Crippen MR) is 180 cm³/mol. The lowest BCUT2D eigenvalue weighted by atomic mass is 9.77. The molecule has 0 bridgehead atoms. The second-order valence-corrected chi connectivity index (χ2v) is 17.4. The Kier molecular flexibility index (Phi) is 9.98. The Morgan fingerprint density at radius 1 is 1.06 bits per heavy atom. The Hall–Kier alpha value is -3.21. The van der Waals surface area contributed by atoms with Crippen molar-refractivity contribution in [2.24, 2.45) is 22.7 Å². The van der Waals surface area contributed by atoms with Gasteiger partial charge in [0, 0.05) is 18.7 Å². The summed E-state index contributed by atoms with van der Waals surface area (Å²) in [5.74, 6) is -2.46. The van der Waals surface area contributed by atoms with Crippen LogP contribution in [-0.2, 0) is 33.9 Å². The number of anilines is 1. The molecule has 1 N–H and O–H groups in total. The zero-order valence-corrected chi connectivity index (χ0v) is 29.3. The molecular formula is C36H51N3O7S. The van der Waals surface area contributed by atoms with E-state index in [0.717, 1.165) is 31.4 Å². The van der Waals surface area contributed by atoms with Crippen LogP contribution >= 0.6 is 0 Å². The number of nitrogens with one attached hydrogen (secondary N) is 1. The molecule has 0 unspecified atom stereocenters. The van der Waals surface area contributed by atoms with Crippen LogP contribution in [-0.4, -0.2) is 67.5 Å². The number of carbonyl (C=O) groups excluding carboxylic acids is 4. The molecule has 0 radical (unpaired) electrons. The van der Waals surface area contributed by atoms with Gasteiger partial charge in [0.25, 0.3) is 0 Å². The van der Waals surface area contributed by atoms with Gasteiger partial charge >= 0.3 is 5.97 Å². The van der Waals surface area contributed by atoms with E-state index in [-0.39, 0.29) is 49.8 Å². The molecule has 2 amide bonds. The van der Waals surface area contributed by atoms with Crippen molar-refractivity contribution in [2.75, 3.05) is 18.1 Å². The van der Waals surface area contributed by atoms with Crippen molar-refractivity contribution in [3.8, 4) is 0 Å². The van der Waals surface area contributed by atoms with Gasteiger partial charge < -0.3 is 14.5 Å². The maximum atomic E-state index is 14.5. The summed E-state index contributed by atoms with van der Waals surface area (Å²) in [5, 5.41) is -0.576. The summed E-state index contributed by atoms with van der Waals surface area (Å²) < 4.78 is 33.3. The lowest BCUT2D eigenvalue weighted by Crippen LogP contribution is -2.49. The summed E-state index contributed by atoms with van der Waals surface area (Å²) in [5.41, 5.74) is 0.194. The highest BCUT2D eigenvalue weighted by Crippen LogP contribution is 2.57. The third-order valence-corrected chi connectivity index (χ3v) is 12.4. The number of hydrogen-bond acceptors (Lipinski definition) is 8. The van der Waals surface area contributed by atoms with Crippen LogP contribution in [0.4, 0.5) is 5.69 Å². The maximum absolute atomic E-state index is 14.5. The standard InChI is InChI=1S/C36H51N3O7S/c1-7-25-19-36(25,34(43)37-47(44,45)28-16-17-28)20-31(40)30-21-38(26-14-12-24(13-15-26)23(2)3)22-39(30)33(42)29(35(4,5)6)18-32(41)46-27-10-8-9-11-27/h7,12-15,23,25,27-30H,1,8-11,16-22H2,2-6H3,(H,37,43)/t25-,29-,30+,36-/m1/s1. The van der Waals surface area contributed by atoms with Crippen LogP contribution in [0, 0.1) is 22.7 Å². The first kappa shape index (κ1) is 35.1. The van der Waals surface area contributed by atoms with Crippen LogP contribution in [0.2, 0.25) is 0 Å². The Morgan fingerprint density at radius 3 is 2.23 bits per heavy atom. The minimum atomic E-state index is -3.80. The molecule has 0 spiro atoms. The van der Waals surface area contributed by atoms with Gasteiger partial charge in [-0.25, -0.2) is 8.42 Å². The van der Waals surface area contributed by atoms with Crippen LogP contribution in [0.25, 0.3) is 0 Å². The third kappa shape index (κ3) is 7.76. The van der Waals surface area contributed by atoms with Crippen LogP contribution in [0.3, 0.4) is 0 Å². The average molecular weight is 670 g/mol. The van der Waals surface area contributed by atoms with Gasteiger partial charge in [0.1, 0.15) is 12.1 Å². The first-order valence-corrected chi connectivity index (χ1v) is 18.7. The monoisotopic (exact) mass is 669 g/mol. The van der Waals surface area contributed by atoms with Gasteiger partial charge in [0.15, 0.2) is 5.78 Å². The summed E-state index contributed by atoms with van der Waals surface area (Å²) in [6.07, 6.45) is 6.20. The summed E-state index contributed by atoms with van der Waals surface area (Å²) in [6.45, 7) is 14.1. The lowest BCUT2D eigenvalue weighted by Gasteiger charge is -2.34. The Labute approximate surface area is 279 Å². The zero-order valence-electron chi connectivity index (χ0n) is 28.5. The first-order valence-electron chi connectivity index (χ1n) is 17.1. The molecule has 5 rings (SSSR count). The van der Waals surface area contributed by atoms with Crippen molar-refractivity contribution in [1.82, 2.24) is 9.62 Å². The molecule has 10 nitrogen and oxygen atoms in total. The molecule has 1 heterocycles. The van der Waals surface area contributed by atoms with Crippen molar-refractivity contribution < 1.29 is 32.3 Å². The molecule has 4 fully saturated rings. The number of hydrogen-bond donors (Lipinski definition) is 1. The lowest BCUT2D eigenvalue weighted by molar-refractivity contribution is -0.156. The molecular weight excluding hydrogens is 618 g/mol. The molecule has 258 valence electrons. The first-order chi connectivity index (χ1) is 22.1. The quantitative estimate of drug-likeness (QED) is 0.227. The van der Waals surface area contributed by atoms with E-state index < -0.39 is 49.9 Å². The number of benzene rings is 1. The number of ether oxygens (including phenoxy) is 1. The van der Waals surface area contributed by atoms with Crippen LogP contribution in [0.5, 0.6) is 0 Å². The smallest absolute Gasteiger partial charge is 0.306 e. The largest absolute Gasteiger partial charge is 0.462 e. The van der Waals surface area contributed by atoms with Gasteiger partial charge in [0.2, 0.25) is 21.8 Å². The highest BCUT2D eigenvalue weighted by molar-refractivity contribution is 7.90. The van der Waals surface area contributed by atoms with Gasteiger partial charge in [0.05, 0.1) is 29.7 Å². The number of carbonyl (C=O) groups is 4. The summed E-state index contributed by atoms with van der Waals surface area (Å²) in [6, 6.07) is 7.15. The second-order valence-electron chi connectivity index (χ2n) is 15.5. The summed E-state index contributed by atoms with van der Waals surface area (Å²) in [4.78, 5) is 58.8. The molecule has 3 aliphatic carbocycles. The molecule has 3 saturated carbocycles. The van der Waals surface area contributed by atoms with E-state index in [1.807, 2.05) is 49.9 Å². The Bertz CT molecular complexity index is 1490. The van der Waals surface area contributed by atoms with Crippen molar-refractivity contribution in [1.29, 1.82) is 0 Å². The molecule has 0 aromatic heterocycles. The maximum Gasteiger partial charge on any atom is 0.306 e. The molecule has 47 heavy (non-hydrogen) atoms. The van der Waals surface area contributed by atoms with E-state index in [2.05, 4.69) is 25.1 Å². The van der Waals surface area contributed by atoms with Gasteiger partial charge in [-0.2, -0.15) is 0 Å².